The van der Waals surface area contributed by atoms with Gasteiger partial charge in [0.15, 0.2) is 25.1 Å². The maximum atomic E-state index is 11.7. The van der Waals surface area contributed by atoms with Crippen LogP contribution in [0.5, 0.6) is 11.5 Å². The molecule has 0 unspecified atom stereocenters. The van der Waals surface area contributed by atoms with Gasteiger partial charge in [-0.1, -0.05) is 0 Å². The van der Waals surface area contributed by atoms with Crippen LogP contribution in [0.2, 0.25) is 0 Å². The van der Waals surface area contributed by atoms with Crippen LogP contribution in [-0.4, -0.2) is 32.8 Å². The van der Waals surface area contributed by atoms with Gasteiger partial charge in [0.2, 0.25) is 0 Å². The summed E-state index contributed by atoms with van der Waals surface area (Å²) >= 11 is 0. The number of benzene rings is 1. The summed E-state index contributed by atoms with van der Waals surface area (Å²) in [4.78, 5) is 14.3. The topological polar surface area (TPSA) is 95.8 Å². The number of nitrogen functional groups attached to an aromatic ring is 1. The third-order valence-corrected chi connectivity index (χ3v) is 2.62. The number of nitrogens with one attached hydrogen (secondary N) is 1. The Bertz CT molecular complexity index is 653. The Morgan fingerprint density at radius 3 is 2.55 bits per heavy atom. The molecule has 0 bridgehead atoms. The number of hydrogen-bond acceptors (Lipinski definition) is 6. The average Bonchev–Trinajstić information content (AvgIpc) is 2.44. The maximum Gasteiger partial charge on any atom is 0.271 e. The van der Waals surface area contributed by atoms with E-state index in [9.17, 15) is 4.79 Å². The van der Waals surface area contributed by atoms with Crippen LogP contribution in [-0.2, 0) is 9.47 Å². The van der Waals surface area contributed by atoms with Crippen molar-refractivity contribution in [1.29, 1.82) is 0 Å². The Morgan fingerprint density at radius 2 is 1.85 bits per heavy atom. The van der Waals surface area contributed by atoms with Gasteiger partial charge < -0.3 is 29.7 Å². The molecule has 2 rings (SSSR count). The van der Waals surface area contributed by atoms with Gasteiger partial charge in [0.25, 0.3) is 5.56 Å². The van der Waals surface area contributed by atoms with Crippen molar-refractivity contribution in [2.75, 3.05) is 33.5 Å². The number of nitrogens with two attached hydrogens (primary N) is 1. The molecule has 0 aliphatic heterocycles. The predicted molar refractivity (Wildman–Crippen MR) is 74.0 cm³/mol. The summed E-state index contributed by atoms with van der Waals surface area (Å²) in [7, 11) is 3.01. The van der Waals surface area contributed by atoms with Crippen molar-refractivity contribution in [3.63, 3.8) is 0 Å². The zero-order valence-corrected chi connectivity index (χ0v) is 11.3. The largest absolute Gasteiger partial charge is 0.464 e. The van der Waals surface area contributed by atoms with Crippen LogP contribution >= 0.6 is 0 Å². The molecule has 1 aromatic heterocycles. The van der Waals surface area contributed by atoms with Gasteiger partial charge in [-0.05, 0) is 18.2 Å². The zero-order chi connectivity index (χ0) is 14.5. The van der Waals surface area contributed by atoms with Crippen molar-refractivity contribution < 1.29 is 18.9 Å². The minimum Gasteiger partial charge on any atom is -0.464 e. The molecule has 0 aliphatic rings. The molecule has 0 amide bonds. The van der Waals surface area contributed by atoms with E-state index in [1.165, 1.54) is 14.2 Å². The number of aromatic amines is 1. The predicted octanol–water partition coefficient (Wildman–Crippen LogP) is 1.08. The van der Waals surface area contributed by atoms with Crippen LogP contribution in [0, 0.1) is 0 Å². The fourth-order valence-electron chi connectivity index (χ4n) is 1.74. The molecule has 1 aromatic carbocycles. The van der Waals surface area contributed by atoms with E-state index in [2.05, 4.69) is 4.98 Å². The monoisotopic (exact) mass is 280 g/mol. The van der Waals surface area contributed by atoms with Crippen molar-refractivity contribution in [2.45, 2.75) is 0 Å². The first-order valence-corrected chi connectivity index (χ1v) is 5.86. The summed E-state index contributed by atoms with van der Waals surface area (Å²) in [5.74, 6) is 0.815. The molecule has 0 fully saturated rings. The average molecular weight is 280 g/mol. The lowest BCUT2D eigenvalue weighted by Crippen LogP contribution is -2.12. The Morgan fingerprint density at radius 1 is 1.15 bits per heavy atom. The smallest absolute Gasteiger partial charge is 0.271 e. The van der Waals surface area contributed by atoms with Crippen LogP contribution in [0.25, 0.3) is 10.9 Å². The van der Waals surface area contributed by atoms with Crippen LogP contribution in [0.15, 0.2) is 23.0 Å². The molecule has 1 heterocycles. The highest BCUT2D eigenvalue weighted by Crippen LogP contribution is 2.34. The van der Waals surface area contributed by atoms with Gasteiger partial charge in [0, 0.05) is 19.6 Å². The van der Waals surface area contributed by atoms with Crippen molar-refractivity contribution >= 4 is 16.6 Å². The second-order valence-electron chi connectivity index (χ2n) is 4.01. The summed E-state index contributed by atoms with van der Waals surface area (Å²) in [5, 5.41) is 0.734. The van der Waals surface area contributed by atoms with Gasteiger partial charge in [0.1, 0.15) is 0 Å². The first kappa shape index (κ1) is 14.2. The van der Waals surface area contributed by atoms with Crippen molar-refractivity contribution in [1.82, 2.24) is 4.98 Å². The molecule has 3 N–H and O–H groups in total. The molecule has 7 heteroatoms. The number of hydrogen-bond donors (Lipinski definition) is 2. The Labute approximate surface area is 115 Å². The highest BCUT2D eigenvalue weighted by atomic mass is 16.7. The third kappa shape index (κ3) is 2.84. The number of methoxy groups -OCH3 is 2. The molecule has 0 atom stereocenters. The number of aromatic nitrogens is 1. The highest BCUT2D eigenvalue weighted by Gasteiger charge is 2.13. The van der Waals surface area contributed by atoms with Crippen molar-refractivity contribution in [2.24, 2.45) is 0 Å². The van der Waals surface area contributed by atoms with Gasteiger partial charge in [-0.3, -0.25) is 4.79 Å². The van der Waals surface area contributed by atoms with Crippen LogP contribution < -0.4 is 20.8 Å². The van der Waals surface area contributed by atoms with Crippen molar-refractivity contribution in [3.05, 3.63) is 28.6 Å². The molecule has 108 valence electrons. The van der Waals surface area contributed by atoms with Gasteiger partial charge in [0.05, 0.1) is 11.2 Å². The first-order chi connectivity index (χ1) is 9.67. The van der Waals surface area contributed by atoms with Crippen molar-refractivity contribution in [3.8, 4) is 11.5 Å². The lowest BCUT2D eigenvalue weighted by atomic mass is 10.2. The Hall–Kier alpha value is -2.25. The van der Waals surface area contributed by atoms with E-state index >= 15 is 0 Å². The van der Waals surface area contributed by atoms with E-state index in [4.69, 9.17) is 24.7 Å². The van der Waals surface area contributed by atoms with E-state index in [1.54, 1.807) is 18.2 Å². The SMILES string of the molecule is COCOc1ccc2cc(N)c(=O)[nH]c2c1OCOC. The van der Waals surface area contributed by atoms with Crippen LogP contribution in [0.1, 0.15) is 0 Å². The van der Waals surface area contributed by atoms with E-state index in [-0.39, 0.29) is 24.8 Å². The molecule has 0 aliphatic carbocycles. The molecule has 0 saturated heterocycles. The maximum absolute atomic E-state index is 11.7. The molecule has 20 heavy (non-hydrogen) atoms. The number of H-pyrrole nitrogens is 1. The standard InChI is InChI=1S/C13H16N2O5/c1-17-6-19-10-4-3-8-5-9(14)13(16)15-11(8)12(10)20-7-18-2/h3-5H,6-7,14H2,1-2H3,(H,15,16). The van der Waals surface area contributed by atoms with Crippen LogP contribution in [0.4, 0.5) is 5.69 Å². The molecule has 0 radical (unpaired) electrons. The van der Waals surface area contributed by atoms with Gasteiger partial charge in [-0.25, -0.2) is 0 Å². The van der Waals surface area contributed by atoms with Crippen LogP contribution in [0.3, 0.4) is 0 Å². The first-order valence-electron chi connectivity index (χ1n) is 5.86. The van der Waals surface area contributed by atoms with E-state index < -0.39 is 0 Å². The molecule has 0 spiro atoms. The second kappa shape index (κ2) is 6.27. The summed E-state index contributed by atoms with van der Waals surface area (Å²) < 4.78 is 20.6. The minimum atomic E-state index is -0.386. The number of fused-ring (bicyclic) bond motifs is 1. The summed E-state index contributed by atoms with van der Waals surface area (Å²) in [6, 6.07) is 5.06. The lowest BCUT2D eigenvalue weighted by molar-refractivity contribution is 0.0331. The molecular formula is C13H16N2O5. The quantitative estimate of drug-likeness (QED) is 0.769. The van der Waals surface area contributed by atoms with E-state index in [0.29, 0.717) is 17.0 Å². The third-order valence-electron chi connectivity index (χ3n) is 2.62. The molecule has 2 aromatic rings. The summed E-state index contributed by atoms with van der Waals surface area (Å²) in [5.41, 5.74) is 5.84. The highest BCUT2D eigenvalue weighted by molar-refractivity contribution is 5.88. The normalized spacial score (nSPS) is 10.7. The van der Waals surface area contributed by atoms with Gasteiger partial charge in [-0.15, -0.1) is 0 Å². The Balaban J connectivity index is 2.56. The van der Waals surface area contributed by atoms with E-state index in [0.717, 1.165) is 5.39 Å². The second-order valence-corrected chi connectivity index (χ2v) is 4.01. The fourth-order valence-corrected chi connectivity index (χ4v) is 1.74. The number of rotatable bonds is 6. The molecule has 7 nitrogen and oxygen atoms in total. The zero-order valence-electron chi connectivity index (χ0n) is 11.3. The molecular weight excluding hydrogens is 264 g/mol. The minimum absolute atomic E-state index is 0.0227. The Kier molecular flexibility index (Phi) is 4.44. The lowest BCUT2D eigenvalue weighted by Gasteiger charge is -2.14. The fraction of sp³-hybridized carbons (Fsp3) is 0.308. The van der Waals surface area contributed by atoms with Gasteiger partial charge >= 0.3 is 0 Å². The molecule has 0 saturated carbocycles. The summed E-state index contributed by atoms with van der Waals surface area (Å²) in [6.45, 7) is 0.0862. The number of ether oxygens (including phenoxy) is 4. The van der Waals surface area contributed by atoms with Gasteiger partial charge in [-0.2, -0.15) is 0 Å². The van der Waals surface area contributed by atoms with E-state index in [1.807, 2.05) is 0 Å². The number of anilines is 1. The summed E-state index contributed by atoms with van der Waals surface area (Å²) in [6.07, 6.45) is 0. The number of pyridine rings is 1.